The molecule has 0 spiro atoms. The van der Waals surface area contributed by atoms with Gasteiger partial charge < -0.3 is 15.2 Å². The van der Waals surface area contributed by atoms with Crippen LogP contribution in [0.25, 0.3) is 11.1 Å². The van der Waals surface area contributed by atoms with E-state index in [1.165, 1.54) is 12.8 Å². The maximum Gasteiger partial charge on any atom is 0.223 e. The minimum Gasteiger partial charge on any atom is -0.353 e. The van der Waals surface area contributed by atoms with Crippen molar-refractivity contribution in [2.24, 2.45) is 0 Å². The summed E-state index contributed by atoms with van der Waals surface area (Å²) in [5.41, 5.74) is 1.35. The van der Waals surface area contributed by atoms with Crippen LogP contribution >= 0.6 is 0 Å². The maximum atomic E-state index is 4.94. The highest BCUT2D eigenvalue weighted by molar-refractivity contribution is 5.70. The van der Waals surface area contributed by atoms with Crippen molar-refractivity contribution in [3.8, 4) is 0 Å². The number of hydrogen-bond donors (Lipinski definition) is 2. The van der Waals surface area contributed by atoms with E-state index in [0.717, 1.165) is 18.6 Å². The fourth-order valence-electron chi connectivity index (χ4n) is 1.91. The average molecular weight is 219 g/mol. The number of nitrogens with one attached hydrogen (secondary N) is 2. The second-order valence-electron chi connectivity index (χ2n) is 3.94. The molecule has 0 amide bonds. The van der Waals surface area contributed by atoms with Gasteiger partial charge in [0.25, 0.3) is 0 Å². The highest BCUT2D eigenvalue weighted by Gasteiger charge is 2.13. The van der Waals surface area contributed by atoms with Crippen LogP contribution in [-0.2, 0) is 0 Å². The van der Waals surface area contributed by atoms with Crippen molar-refractivity contribution in [2.45, 2.75) is 18.9 Å². The Morgan fingerprint density at radius 1 is 1.50 bits per heavy atom. The Balaban J connectivity index is 1.68. The van der Waals surface area contributed by atoms with Crippen molar-refractivity contribution in [1.82, 2.24) is 20.4 Å². The molecular weight excluding hydrogens is 206 g/mol. The van der Waals surface area contributed by atoms with E-state index in [2.05, 4.69) is 25.8 Å². The zero-order chi connectivity index (χ0) is 10.8. The van der Waals surface area contributed by atoms with E-state index in [1.807, 2.05) is 0 Å². The van der Waals surface area contributed by atoms with Crippen molar-refractivity contribution in [3.05, 3.63) is 12.4 Å². The first-order valence-electron chi connectivity index (χ1n) is 5.46. The highest BCUT2D eigenvalue weighted by Crippen LogP contribution is 2.11. The predicted octanol–water partition coefficient (Wildman–Crippen LogP) is 0.782. The monoisotopic (exact) mass is 219 g/mol. The lowest BCUT2D eigenvalue weighted by atomic mass is 10.2. The summed E-state index contributed by atoms with van der Waals surface area (Å²) in [6.07, 6.45) is 5.69. The van der Waals surface area contributed by atoms with E-state index in [9.17, 15) is 0 Å². The number of nitrogens with zero attached hydrogens (tertiary/aromatic N) is 3. The molecule has 1 atom stereocenters. The van der Waals surface area contributed by atoms with Gasteiger partial charge in [0.05, 0.1) is 12.4 Å². The van der Waals surface area contributed by atoms with Gasteiger partial charge in [0, 0.05) is 12.6 Å². The smallest absolute Gasteiger partial charge is 0.223 e. The molecule has 6 nitrogen and oxygen atoms in total. The first-order chi connectivity index (χ1) is 7.92. The van der Waals surface area contributed by atoms with Crippen LogP contribution in [0.1, 0.15) is 12.8 Å². The third-order valence-corrected chi connectivity index (χ3v) is 2.78. The van der Waals surface area contributed by atoms with Crippen molar-refractivity contribution in [1.29, 1.82) is 0 Å². The molecule has 0 aromatic carbocycles. The van der Waals surface area contributed by atoms with E-state index >= 15 is 0 Å². The van der Waals surface area contributed by atoms with Crippen LogP contribution < -0.4 is 10.6 Å². The molecule has 1 saturated heterocycles. The summed E-state index contributed by atoms with van der Waals surface area (Å²) in [6, 6.07) is 0.529. The molecule has 0 saturated carbocycles. The lowest BCUT2D eigenvalue weighted by molar-refractivity contribution is 0.455. The first kappa shape index (κ1) is 9.53. The summed E-state index contributed by atoms with van der Waals surface area (Å²) < 4.78 is 4.94. The topological polar surface area (TPSA) is 75.9 Å². The first-order valence-corrected chi connectivity index (χ1v) is 5.46. The third kappa shape index (κ3) is 1.83. The molecule has 16 heavy (non-hydrogen) atoms. The SMILES string of the molecule is c1noc2cnc(NCC3CCCN3)nc12. The van der Waals surface area contributed by atoms with Crippen LogP contribution in [-0.4, -0.2) is 34.3 Å². The van der Waals surface area contributed by atoms with E-state index in [-0.39, 0.29) is 0 Å². The Hall–Kier alpha value is -1.69. The van der Waals surface area contributed by atoms with E-state index in [4.69, 9.17) is 4.52 Å². The summed E-state index contributed by atoms with van der Waals surface area (Å²) in [4.78, 5) is 8.45. The second kappa shape index (κ2) is 4.05. The Labute approximate surface area is 92.4 Å². The third-order valence-electron chi connectivity index (χ3n) is 2.78. The van der Waals surface area contributed by atoms with Crippen LogP contribution in [0.5, 0.6) is 0 Å². The molecular formula is C10H13N5O. The van der Waals surface area contributed by atoms with E-state index < -0.39 is 0 Å². The van der Waals surface area contributed by atoms with E-state index in [0.29, 0.717) is 17.6 Å². The summed E-state index contributed by atoms with van der Waals surface area (Å²) in [7, 11) is 0. The largest absolute Gasteiger partial charge is 0.353 e. The zero-order valence-corrected chi connectivity index (χ0v) is 8.81. The number of anilines is 1. The lowest BCUT2D eigenvalue weighted by Crippen LogP contribution is -2.29. The quantitative estimate of drug-likeness (QED) is 0.794. The van der Waals surface area contributed by atoms with Crippen molar-refractivity contribution in [3.63, 3.8) is 0 Å². The van der Waals surface area contributed by atoms with Crippen LogP contribution in [0.2, 0.25) is 0 Å². The maximum absolute atomic E-state index is 4.94. The molecule has 2 aromatic rings. The molecule has 0 radical (unpaired) electrons. The fraction of sp³-hybridized carbons (Fsp3) is 0.500. The van der Waals surface area contributed by atoms with Gasteiger partial charge in [-0.15, -0.1) is 0 Å². The summed E-state index contributed by atoms with van der Waals surface area (Å²) in [5.74, 6) is 0.629. The van der Waals surface area contributed by atoms with Gasteiger partial charge in [-0.1, -0.05) is 5.16 Å². The molecule has 1 fully saturated rings. The van der Waals surface area contributed by atoms with Crippen molar-refractivity contribution >= 4 is 17.0 Å². The van der Waals surface area contributed by atoms with Gasteiger partial charge in [0.1, 0.15) is 5.52 Å². The molecule has 1 aliphatic rings. The summed E-state index contributed by atoms with van der Waals surface area (Å²) >= 11 is 0. The number of rotatable bonds is 3. The molecule has 3 rings (SSSR count). The second-order valence-corrected chi connectivity index (χ2v) is 3.94. The van der Waals surface area contributed by atoms with Crippen molar-refractivity contribution in [2.75, 3.05) is 18.4 Å². The molecule has 2 aromatic heterocycles. The number of aromatic nitrogens is 3. The van der Waals surface area contributed by atoms with Crippen LogP contribution in [0, 0.1) is 0 Å². The normalized spacial score (nSPS) is 20.4. The average Bonchev–Trinajstić information content (AvgIpc) is 2.97. The zero-order valence-electron chi connectivity index (χ0n) is 8.81. The van der Waals surface area contributed by atoms with Gasteiger partial charge in [-0.3, -0.25) is 0 Å². The lowest BCUT2D eigenvalue weighted by Gasteiger charge is -2.10. The Bertz CT molecular complexity index is 477. The van der Waals surface area contributed by atoms with Gasteiger partial charge in [-0.2, -0.15) is 0 Å². The Kier molecular flexibility index (Phi) is 2.41. The van der Waals surface area contributed by atoms with Gasteiger partial charge >= 0.3 is 0 Å². The van der Waals surface area contributed by atoms with Crippen LogP contribution in [0.4, 0.5) is 5.95 Å². The van der Waals surface area contributed by atoms with Gasteiger partial charge in [-0.25, -0.2) is 9.97 Å². The summed E-state index contributed by atoms with van der Waals surface area (Å²) in [5, 5.41) is 10.3. The Morgan fingerprint density at radius 2 is 2.50 bits per heavy atom. The van der Waals surface area contributed by atoms with E-state index in [1.54, 1.807) is 12.4 Å². The van der Waals surface area contributed by atoms with Gasteiger partial charge in [0.2, 0.25) is 11.5 Å². The molecule has 2 N–H and O–H groups in total. The minimum absolute atomic E-state index is 0.529. The molecule has 84 valence electrons. The molecule has 1 aliphatic heterocycles. The Morgan fingerprint density at radius 3 is 3.38 bits per heavy atom. The minimum atomic E-state index is 0.529. The van der Waals surface area contributed by atoms with Crippen LogP contribution in [0.3, 0.4) is 0 Å². The summed E-state index contributed by atoms with van der Waals surface area (Å²) in [6.45, 7) is 1.97. The van der Waals surface area contributed by atoms with Crippen molar-refractivity contribution < 1.29 is 4.52 Å². The molecule has 1 unspecified atom stereocenters. The fourth-order valence-corrected chi connectivity index (χ4v) is 1.91. The number of fused-ring (bicyclic) bond motifs is 1. The predicted molar refractivity (Wildman–Crippen MR) is 59.1 cm³/mol. The molecule has 0 aliphatic carbocycles. The van der Waals surface area contributed by atoms with Gasteiger partial charge in [0.15, 0.2) is 0 Å². The molecule has 6 heteroatoms. The van der Waals surface area contributed by atoms with Crippen LogP contribution in [0.15, 0.2) is 16.9 Å². The number of hydrogen-bond acceptors (Lipinski definition) is 6. The highest BCUT2D eigenvalue weighted by atomic mass is 16.5. The van der Waals surface area contributed by atoms with Gasteiger partial charge in [-0.05, 0) is 19.4 Å². The standard InChI is InChI=1S/C10H13N5O/c1-2-7(11-3-1)4-12-10-13-6-9-8(15-10)5-14-16-9/h5-7,11H,1-4H2,(H,12,13,15). The molecule has 3 heterocycles. The molecule has 0 bridgehead atoms.